The zero-order valence-electron chi connectivity index (χ0n) is 12.8. The summed E-state index contributed by atoms with van der Waals surface area (Å²) in [6.45, 7) is 9.40. The van der Waals surface area contributed by atoms with Gasteiger partial charge >= 0.3 is 5.97 Å². The largest absolute Gasteiger partial charge is 0.465 e. The van der Waals surface area contributed by atoms with Crippen LogP contribution in [0.4, 0.5) is 5.00 Å². The van der Waals surface area contributed by atoms with E-state index in [1.807, 2.05) is 34.6 Å². The topological polar surface area (TPSA) is 81.4 Å². The number of methoxy groups -OCH3 is 1. The lowest BCUT2D eigenvalue weighted by Gasteiger charge is -2.25. The van der Waals surface area contributed by atoms with E-state index in [0.29, 0.717) is 10.6 Å². The van der Waals surface area contributed by atoms with E-state index in [1.54, 1.807) is 0 Å². The average Bonchev–Trinajstić information content (AvgIpc) is 2.62. The number of carbonyl (C=O) groups is 2. The van der Waals surface area contributed by atoms with Crippen LogP contribution in [0.5, 0.6) is 0 Å². The first-order chi connectivity index (χ1) is 9.09. The number of hydrogen-bond donors (Lipinski definition) is 2. The smallest absolute Gasteiger partial charge is 0.341 e. The summed E-state index contributed by atoms with van der Waals surface area (Å²) in [5.74, 6) is -0.754. The molecule has 0 aliphatic rings. The number of anilines is 1. The minimum absolute atomic E-state index is 0.302. The van der Waals surface area contributed by atoms with E-state index in [-0.39, 0.29) is 11.3 Å². The molecule has 20 heavy (non-hydrogen) atoms. The monoisotopic (exact) mass is 298 g/mol. The number of nitrogens with two attached hydrogens (primary N) is 1. The van der Waals surface area contributed by atoms with Crippen molar-refractivity contribution in [2.75, 3.05) is 12.4 Å². The Balaban J connectivity index is 3.08. The second-order valence-electron chi connectivity index (χ2n) is 5.81. The predicted molar refractivity (Wildman–Crippen MR) is 81.2 cm³/mol. The Morgan fingerprint density at radius 3 is 2.30 bits per heavy atom. The van der Waals surface area contributed by atoms with Gasteiger partial charge in [-0.15, -0.1) is 11.3 Å². The molecule has 112 valence electrons. The maximum atomic E-state index is 12.2. The van der Waals surface area contributed by atoms with Gasteiger partial charge in [0.15, 0.2) is 0 Å². The number of hydrogen-bond acceptors (Lipinski definition) is 5. The van der Waals surface area contributed by atoms with Crippen LogP contribution in [0.3, 0.4) is 0 Å². The van der Waals surface area contributed by atoms with Gasteiger partial charge in [0.2, 0.25) is 5.91 Å². The molecule has 0 bridgehead atoms. The van der Waals surface area contributed by atoms with Crippen LogP contribution in [0.25, 0.3) is 0 Å². The lowest BCUT2D eigenvalue weighted by atomic mass is 9.87. The molecule has 6 heteroatoms. The van der Waals surface area contributed by atoms with Gasteiger partial charge in [-0.1, -0.05) is 20.8 Å². The van der Waals surface area contributed by atoms with Gasteiger partial charge in [0, 0.05) is 4.88 Å². The molecule has 0 saturated heterocycles. The third kappa shape index (κ3) is 3.37. The standard InChI is InChI=1S/C14H22N2O3S/c1-7-8(2)20-12(9(7)13(18)19-6)16-11(17)10(15)14(3,4)5/h10H,15H2,1-6H3,(H,16,17)/t10-/m0/s1. The Kier molecular flexibility index (Phi) is 4.94. The number of thiophene rings is 1. The zero-order valence-corrected chi connectivity index (χ0v) is 13.6. The molecule has 1 rings (SSSR count). The molecule has 0 spiro atoms. The van der Waals surface area contributed by atoms with Gasteiger partial charge in [0.1, 0.15) is 5.00 Å². The minimum atomic E-state index is -0.657. The van der Waals surface area contributed by atoms with Gasteiger partial charge in [0.25, 0.3) is 0 Å². The third-order valence-corrected chi connectivity index (χ3v) is 4.35. The van der Waals surface area contributed by atoms with Gasteiger partial charge in [-0.3, -0.25) is 4.79 Å². The SMILES string of the molecule is COC(=O)c1c(NC(=O)[C@H](N)C(C)(C)C)sc(C)c1C. The summed E-state index contributed by atoms with van der Waals surface area (Å²) in [5, 5.41) is 3.24. The number of nitrogens with one attached hydrogen (secondary N) is 1. The molecular weight excluding hydrogens is 276 g/mol. The molecule has 1 heterocycles. The summed E-state index contributed by atoms with van der Waals surface area (Å²) in [7, 11) is 1.32. The predicted octanol–water partition coefficient (Wildman–Crippen LogP) is 2.46. The number of rotatable bonds is 3. The normalized spacial score (nSPS) is 12.9. The number of carbonyl (C=O) groups excluding carboxylic acids is 2. The highest BCUT2D eigenvalue weighted by Gasteiger charge is 2.29. The van der Waals surface area contributed by atoms with Crippen molar-refractivity contribution in [3.05, 3.63) is 16.0 Å². The maximum absolute atomic E-state index is 12.2. The summed E-state index contributed by atoms with van der Waals surface area (Å²) >= 11 is 1.35. The van der Waals surface area contributed by atoms with Crippen molar-refractivity contribution in [3.63, 3.8) is 0 Å². The second kappa shape index (κ2) is 5.93. The minimum Gasteiger partial charge on any atom is -0.465 e. The van der Waals surface area contributed by atoms with E-state index < -0.39 is 12.0 Å². The molecule has 5 nitrogen and oxygen atoms in total. The van der Waals surface area contributed by atoms with Crippen LogP contribution in [0.2, 0.25) is 0 Å². The Hall–Kier alpha value is -1.40. The van der Waals surface area contributed by atoms with Crippen molar-refractivity contribution in [1.29, 1.82) is 0 Å². The van der Waals surface area contributed by atoms with Crippen molar-refractivity contribution < 1.29 is 14.3 Å². The second-order valence-corrected chi connectivity index (χ2v) is 7.04. The molecular formula is C14H22N2O3S. The highest BCUT2D eigenvalue weighted by Crippen LogP contribution is 2.33. The van der Waals surface area contributed by atoms with Crippen molar-refractivity contribution in [1.82, 2.24) is 0 Å². The van der Waals surface area contributed by atoms with Gasteiger partial charge in [-0.25, -0.2) is 4.79 Å². The molecule has 0 aliphatic heterocycles. The highest BCUT2D eigenvalue weighted by atomic mass is 32.1. The average molecular weight is 298 g/mol. The Bertz CT molecular complexity index is 529. The van der Waals surface area contributed by atoms with Gasteiger partial charge in [-0.2, -0.15) is 0 Å². The first kappa shape index (κ1) is 16.7. The first-order valence-corrected chi connectivity index (χ1v) is 7.16. The van der Waals surface area contributed by atoms with E-state index in [9.17, 15) is 9.59 Å². The van der Waals surface area contributed by atoms with Crippen molar-refractivity contribution in [2.45, 2.75) is 40.7 Å². The van der Waals surface area contributed by atoms with Crippen LogP contribution in [0.15, 0.2) is 0 Å². The number of amides is 1. The maximum Gasteiger partial charge on any atom is 0.341 e. The molecule has 3 N–H and O–H groups in total. The van der Waals surface area contributed by atoms with Gasteiger partial charge in [0.05, 0.1) is 18.7 Å². The number of aryl methyl sites for hydroxylation is 1. The molecule has 0 aromatic carbocycles. The van der Waals surface area contributed by atoms with Crippen molar-refractivity contribution >= 4 is 28.2 Å². The van der Waals surface area contributed by atoms with Gasteiger partial charge in [-0.05, 0) is 24.8 Å². The van der Waals surface area contributed by atoms with E-state index in [1.165, 1.54) is 18.4 Å². The molecule has 1 amide bonds. The Morgan fingerprint density at radius 2 is 1.85 bits per heavy atom. The molecule has 0 saturated carbocycles. The van der Waals surface area contributed by atoms with E-state index >= 15 is 0 Å². The molecule has 0 aliphatic carbocycles. The number of esters is 1. The Labute approximate surface area is 123 Å². The van der Waals surface area contributed by atoms with Crippen LogP contribution in [-0.4, -0.2) is 25.0 Å². The number of ether oxygens (including phenoxy) is 1. The van der Waals surface area contributed by atoms with Crippen LogP contribution in [-0.2, 0) is 9.53 Å². The fourth-order valence-corrected chi connectivity index (χ4v) is 2.70. The van der Waals surface area contributed by atoms with E-state index in [4.69, 9.17) is 10.5 Å². The summed E-state index contributed by atoms with van der Waals surface area (Å²) in [6, 6.07) is -0.657. The summed E-state index contributed by atoms with van der Waals surface area (Å²) in [5.41, 5.74) is 6.80. The fourth-order valence-electron chi connectivity index (χ4n) is 1.65. The van der Waals surface area contributed by atoms with Crippen LogP contribution >= 0.6 is 11.3 Å². The van der Waals surface area contributed by atoms with Crippen molar-refractivity contribution in [3.8, 4) is 0 Å². The van der Waals surface area contributed by atoms with Crippen LogP contribution in [0.1, 0.15) is 41.6 Å². The lowest BCUT2D eigenvalue weighted by Crippen LogP contribution is -2.45. The van der Waals surface area contributed by atoms with Crippen LogP contribution in [0, 0.1) is 19.3 Å². The molecule has 1 aromatic rings. The quantitative estimate of drug-likeness (QED) is 0.840. The van der Waals surface area contributed by atoms with Crippen LogP contribution < -0.4 is 11.1 Å². The summed E-state index contributed by atoms with van der Waals surface area (Å²) in [4.78, 5) is 24.9. The van der Waals surface area contributed by atoms with Crippen molar-refractivity contribution in [2.24, 2.45) is 11.1 Å². The Morgan fingerprint density at radius 1 is 1.30 bits per heavy atom. The molecule has 0 unspecified atom stereocenters. The summed E-state index contributed by atoms with van der Waals surface area (Å²) < 4.78 is 4.77. The lowest BCUT2D eigenvalue weighted by molar-refractivity contribution is -0.119. The van der Waals surface area contributed by atoms with E-state index in [0.717, 1.165) is 10.4 Å². The van der Waals surface area contributed by atoms with Gasteiger partial charge < -0.3 is 15.8 Å². The van der Waals surface area contributed by atoms with E-state index in [2.05, 4.69) is 5.32 Å². The zero-order chi connectivity index (χ0) is 15.7. The molecule has 1 atom stereocenters. The molecule has 0 fully saturated rings. The molecule has 1 aromatic heterocycles. The summed E-state index contributed by atoms with van der Waals surface area (Å²) in [6.07, 6.45) is 0. The highest BCUT2D eigenvalue weighted by molar-refractivity contribution is 7.16. The fraction of sp³-hybridized carbons (Fsp3) is 0.571. The molecule has 0 radical (unpaired) electrons. The first-order valence-electron chi connectivity index (χ1n) is 6.34. The third-order valence-electron chi connectivity index (χ3n) is 3.23.